The lowest BCUT2D eigenvalue weighted by Crippen LogP contribution is -2.26. The van der Waals surface area contributed by atoms with Crippen LogP contribution in [0.1, 0.15) is 61.3 Å². The zero-order chi connectivity index (χ0) is 16.0. The van der Waals surface area contributed by atoms with Gasteiger partial charge in [-0.25, -0.2) is 14.0 Å². The summed E-state index contributed by atoms with van der Waals surface area (Å²) in [4.78, 5) is 24.0. The number of benzene rings is 1. The summed E-state index contributed by atoms with van der Waals surface area (Å²) in [5.41, 5.74) is -1.27. The summed E-state index contributed by atoms with van der Waals surface area (Å²) in [6, 6.07) is 3.83. The highest BCUT2D eigenvalue weighted by Crippen LogP contribution is 2.19. The molecule has 0 fully saturated rings. The summed E-state index contributed by atoms with van der Waals surface area (Å²) >= 11 is 0. The minimum absolute atomic E-state index is 0.111. The Labute approximate surface area is 124 Å². The van der Waals surface area contributed by atoms with Gasteiger partial charge in [-0.1, -0.05) is 19.4 Å². The van der Waals surface area contributed by atoms with E-state index in [1.54, 1.807) is 20.8 Å². The van der Waals surface area contributed by atoms with Gasteiger partial charge in [0.15, 0.2) is 0 Å². The molecule has 0 N–H and O–H groups in total. The lowest BCUT2D eigenvalue weighted by atomic mass is 10.1. The molecule has 0 aliphatic carbocycles. The highest BCUT2D eigenvalue weighted by atomic mass is 19.1. The number of carbonyl (C=O) groups excluding carboxylic acids is 2. The molecule has 0 aromatic heterocycles. The summed E-state index contributed by atoms with van der Waals surface area (Å²) in [6.07, 6.45) is 1.58. The molecule has 0 amide bonds. The van der Waals surface area contributed by atoms with E-state index in [4.69, 9.17) is 9.47 Å². The first-order valence-corrected chi connectivity index (χ1v) is 6.95. The molecule has 0 aliphatic heterocycles. The molecule has 0 aliphatic rings. The van der Waals surface area contributed by atoms with Crippen molar-refractivity contribution in [1.29, 1.82) is 0 Å². The third-order valence-corrected chi connectivity index (χ3v) is 2.57. The molecule has 0 saturated heterocycles. The average Bonchev–Trinajstić information content (AvgIpc) is 2.36. The molecular formula is C16H21FO4. The Kier molecular flexibility index (Phi) is 5.88. The maximum atomic E-state index is 13.9. The number of esters is 2. The van der Waals surface area contributed by atoms with Crippen LogP contribution in [-0.2, 0) is 9.47 Å². The molecule has 0 saturated carbocycles. The van der Waals surface area contributed by atoms with Crippen LogP contribution in [0.4, 0.5) is 4.39 Å². The maximum absolute atomic E-state index is 13.9. The van der Waals surface area contributed by atoms with E-state index in [1.165, 1.54) is 12.1 Å². The number of unbranched alkanes of at least 4 members (excludes halogenated alkanes) is 1. The molecule has 0 radical (unpaired) electrons. The van der Waals surface area contributed by atoms with Gasteiger partial charge in [0.1, 0.15) is 17.0 Å². The largest absolute Gasteiger partial charge is 0.462 e. The first kappa shape index (κ1) is 17.1. The molecule has 0 bridgehead atoms. The smallest absolute Gasteiger partial charge is 0.342 e. The molecule has 116 valence electrons. The van der Waals surface area contributed by atoms with Crippen LogP contribution in [-0.4, -0.2) is 24.1 Å². The summed E-state index contributed by atoms with van der Waals surface area (Å²) in [5.74, 6) is -2.39. The van der Waals surface area contributed by atoms with Gasteiger partial charge in [0.25, 0.3) is 0 Å². The second kappa shape index (κ2) is 7.20. The number of hydrogen-bond donors (Lipinski definition) is 0. The van der Waals surface area contributed by atoms with Crippen molar-refractivity contribution >= 4 is 11.9 Å². The SMILES string of the molecule is CCCCOC(=O)c1cccc(F)c1C(=O)OC(C)(C)C. The summed E-state index contributed by atoms with van der Waals surface area (Å²) < 4.78 is 24.1. The molecule has 5 heteroatoms. The number of hydrogen-bond acceptors (Lipinski definition) is 4. The monoisotopic (exact) mass is 296 g/mol. The van der Waals surface area contributed by atoms with Crippen molar-refractivity contribution in [1.82, 2.24) is 0 Å². The second-order valence-corrected chi connectivity index (χ2v) is 5.65. The van der Waals surface area contributed by atoms with E-state index < -0.39 is 23.4 Å². The lowest BCUT2D eigenvalue weighted by Gasteiger charge is -2.20. The summed E-state index contributed by atoms with van der Waals surface area (Å²) in [6.45, 7) is 7.21. The van der Waals surface area contributed by atoms with Gasteiger partial charge in [-0.2, -0.15) is 0 Å². The molecule has 0 unspecified atom stereocenters. The predicted octanol–water partition coefficient (Wildman–Crippen LogP) is 3.74. The Morgan fingerprint density at radius 1 is 1.19 bits per heavy atom. The standard InChI is InChI=1S/C16H21FO4/c1-5-6-10-20-14(18)11-8-7-9-12(17)13(11)15(19)21-16(2,3)4/h7-9H,5-6,10H2,1-4H3. The second-order valence-electron chi connectivity index (χ2n) is 5.65. The highest BCUT2D eigenvalue weighted by molar-refractivity contribution is 6.03. The Morgan fingerprint density at radius 2 is 1.86 bits per heavy atom. The van der Waals surface area contributed by atoms with Gasteiger partial charge < -0.3 is 9.47 Å². The van der Waals surface area contributed by atoms with Gasteiger partial charge in [-0.3, -0.25) is 0 Å². The van der Waals surface area contributed by atoms with Crippen LogP contribution in [0.15, 0.2) is 18.2 Å². The highest BCUT2D eigenvalue weighted by Gasteiger charge is 2.26. The van der Waals surface area contributed by atoms with E-state index in [1.807, 2.05) is 6.92 Å². The van der Waals surface area contributed by atoms with Crippen molar-refractivity contribution in [3.63, 3.8) is 0 Å². The zero-order valence-electron chi connectivity index (χ0n) is 12.9. The van der Waals surface area contributed by atoms with Gasteiger partial charge in [0.05, 0.1) is 12.2 Å². The van der Waals surface area contributed by atoms with Crippen molar-refractivity contribution in [2.45, 2.75) is 46.1 Å². The fraction of sp³-hybridized carbons (Fsp3) is 0.500. The molecule has 1 aromatic rings. The van der Waals surface area contributed by atoms with Gasteiger partial charge in [-0.05, 0) is 39.3 Å². The lowest BCUT2D eigenvalue weighted by molar-refractivity contribution is 0.00590. The van der Waals surface area contributed by atoms with Crippen LogP contribution in [0.3, 0.4) is 0 Å². The Morgan fingerprint density at radius 3 is 2.43 bits per heavy atom. The fourth-order valence-electron chi connectivity index (χ4n) is 1.62. The Balaban J connectivity index is 3.03. The van der Waals surface area contributed by atoms with Crippen LogP contribution >= 0.6 is 0 Å². The molecule has 0 atom stereocenters. The Bertz CT molecular complexity index is 517. The molecule has 21 heavy (non-hydrogen) atoms. The quantitative estimate of drug-likeness (QED) is 0.613. The number of rotatable bonds is 5. The minimum atomic E-state index is -0.872. The van der Waals surface area contributed by atoms with E-state index >= 15 is 0 Å². The first-order valence-electron chi connectivity index (χ1n) is 6.95. The van der Waals surface area contributed by atoms with E-state index in [2.05, 4.69) is 0 Å². The van der Waals surface area contributed by atoms with Crippen LogP contribution in [0.25, 0.3) is 0 Å². The molecule has 1 rings (SSSR count). The van der Waals surface area contributed by atoms with Crippen molar-refractivity contribution in [3.05, 3.63) is 35.1 Å². The molecule has 1 aromatic carbocycles. The molecule has 0 heterocycles. The van der Waals surface area contributed by atoms with Gasteiger partial charge >= 0.3 is 11.9 Å². The van der Waals surface area contributed by atoms with Gasteiger partial charge in [-0.15, -0.1) is 0 Å². The number of halogens is 1. The molecular weight excluding hydrogens is 275 g/mol. The van der Waals surface area contributed by atoms with E-state index in [0.29, 0.717) is 6.42 Å². The van der Waals surface area contributed by atoms with Crippen molar-refractivity contribution in [2.24, 2.45) is 0 Å². The number of carbonyl (C=O) groups is 2. The van der Waals surface area contributed by atoms with Crippen molar-refractivity contribution in [2.75, 3.05) is 6.61 Å². The van der Waals surface area contributed by atoms with E-state index in [-0.39, 0.29) is 17.7 Å². The third-order valence-electron chi connectivity index (χ3n) is 2.57. The zero-order valence-corrected chi connectivity index (χ0v) is 12.9. The third kappa shape index (κ3) is 5.17. The van der Waals surface area contributed by atoms with Crippen molar-refractivity contribution < 1.29 is 23.5 Å². The van der Waals surface area contributed by atoms with Crippen LogP contribution in [0, 0.1) is 5.82 Å². The Hall–Kier alpha value is -1.91. The topological polar surface area (TPSA) is 52.6 Å². The minimum Gasteiger partial charge on any atom is -0.462 e. The molecule has 0 spiro atoms. The van der Waals surface area contributed by atoms with E-state index in [9.17, 15) is 14.0 Å². The summed E-state index contributed by atoms with van der Waals surface area (Å²) in [7, 11) is 0. The van der Waals surface area contributed by atoms with Crippen LogP contribution in [0.2, 0.25) is 0 Å². The van der Waals surface area contributed by atoms with Crippen molar-refractivity contribution in [3.8, 4) is 0 Å². The predicted molar refractivity (Wildman–Crippen MR) is 76.8 cm³/mol. The fourth-order valence-corrected chi connectivity index (χ4v) is 1.62. The van der Waals surface area contributed by atoms with Gasteiger partial charge in [0, 0.05) is 0 Å². The number of ether oxygens (including phenoxy) is 2. The normalized spacial score (nSPS) is 11.1. The van der Waals surface area contributed by atoms with Crippen LogP contribution in [0.5, 0.6) is 0 Å². The van der Waals surface area contributed by atoms with E-state index in [0.717, 1.165) is 12.5 Å². The molecule has 4 nitrogen and oxygen atoms in total. The average molecular weight is 296 g/mol. The summed E-state index contributed by atoms with van der Waals surface area (Å²) in [5, 5.41) is 0. The van der Waals surface area contributed by atoms with Gasteiger partial charge in [0.2, 0.25) is 0 Å². The first-order chi connectivity index (χ1) is 9.76. The van der Waals surface area contributed by atoms with Crippen LogP contribution < -0.4 is 0 Å². The maximum Gasteiger partial charge on any atom is 0.342 e.